The number of rotatable bonds is 6. The summed E-state index contributed by atoms with van der Waals surface area (Å²) in [4.78, 5) is 0. The van der Waals surface area contributed by atoms with Crippen LogP contribution in [0.3, 0.4) is 0 Å². The van der Waals surface area contributed by atoms with Gasteiger partial charge in [-0.05, 0) is 36.9 Å². The summed E-state index contributed by atoms with van der Waals surface area (Å²) >= 11 is 3.40. The van der Waals surface area contributed by atoms with E-state index in [0.29, 0.717) is 6.61 Å². The van der Waals surface area contributed by atoms with Crippen molar-refractivity contribution in [2.75, 3.05) is 6.54 Å². The van der Waals surface area contributed by atoms with Crippen molar-refractivity contribution in [1.82, 2.24) is 5.32 Å². The first-order chi connectivity index (χ1) is 8.79. The fourth-order valence-electron chi connectivity index (χ4n) is 1.58. The summed E-state index contributed by atoms with van der Waals surface area (Å²) in [5, 5.41) is 3.24. The molecule has 1 N–H and O–H groups in total. The van der Waals surface area contributed by atoms with Gasteiger partial charge in [-0.1, -0.05) is 22.9 Å². The molecule has 3 nitrogen and oxygen atoms in total. The van der Waals surface area contributed by atoms with Crippen LogP contribution in [0.25, 0.3) is 0 Å². The van der Waals surface area contributed by atoms with Gasteiger partial charge in [-0.25, -0.2) is 0 Å². The molecule has 0 aliphatic rings. The van der Waals surface area contributed by atoms with Crippen LogP contribution in [0.5, 0.6) is 5.75 Å². The third-order valence-corrected chi connectivity index (χ3v) is 3.11. The summed E-state index contributed by atoms with van der Waals surface area (Å²) in [5.74, 6) is 1.79. The molecular weight excluding hydrogens is 294 g/mol. The summed E-state index contributed by atoms with van der Waals surface area (Å²) < 4.78 is 12.2. The predicted molar refractivity (Wildman–Crippen MR) is 74.6 cm³/mol. The fourth-order valence-corrected chi connectivity index (χ4v) is 1.85. The first kappa shape index (κ1) is 13.2. The molecule has 0 unspecified atom stereocenters. The molecule has 0 radical (unpaired) electrons. The van der Waals surface area contributed by atoms with E-state index in [9.17, 15) is 0 Å². The van der Waals surface area contributed by atoms with Gasteiger partial charge < -0.3 is 14.5 Å². The minimum absolute atomic E-state index is 0.527. The van der Waals surface area contributed by atoms with Gasteiger partial charge >= 0.3 is 0 Å². The van der Waals surface area contributed by atoms with Gasteiger partial charge in [-0.2, -0.15) is 0 Å². The van der Waals surface area contributed by atoms with E-state index in [2.05, 4.69) is 28.2 Å². The number of hydrogen-bond acceptors (Lipinski definition) is 3. The largest absolute Gasteiger partial charge is 0.489 e. The number of ether oxygens (including phenoxy) is 1. The lowest BCUT2D eigenvalue weighted by Gasteiger charge is -2.06. The van der Waals surface area contributed by atoms with E-state index in [1.54, 1.807) is 6.26 Å². The molecule has 2 aromatic rings. The Morgan fingerprint density at radius 3 is 2.72 bits per heavy atom. The maximum atomic E-state index is 5.72. The molecule has 4 heteroatoms. The molecule has 0 amide bonds. The molecule has 1 aromatic heterocycles. The van der Waals surface area contributed by atoms with E-state index in [1.807, 2.05) is 30.3 Å². The van der Waals surface area contributed by atoms with Crippen LogP contribution < -0.4 is 10.1 Å². The summed E-state index contributed by atoms with van der Waals surface area (Å²) in [7, 11) is 0. The van der Waals surface area contributed by atoms with Gasteiger partial charge in [0.1, 0.15) is 18.1 Å². The topological polar surface area (TPSA) is 34.4 Å². The van der Waals surface area contributed by atoms with Crippen LogP contribution in [-0.4, -0.2) is 6.54 Å². The maximum Gasteiger partial charge on any atom is 0.124 e. The molecule has 0 atom stereocenters. The van der Waals surface area contributed by atoms with Crippen LogP contribution in [0.1, 0.15) is 18.2 Å². The van der Waals surface area contributed by atoms with Crippen LogP contribution in [0.4, 0.5) is 0 Å². The average Bonchev–Trinajstić information content (AvgIpc) is 2.83. The zero-order valence-electron chi connectivity index (χ0n) is 10.3. The van der Waals surface area contributed by atoms with E-state index < -0.39 is 0 Å². The molecule has 0 spiro atoms. The van der Waals surface area contributed by atoms with Gasteiger partial charge in [0.05, 0.1) is 12.8 Å². The van der Waals surface area contributed by atoms with Gasteiger partial charge in [0.2, 0.25) is 0 Å². The highest BCUT2D eigenvalue weighted by Crippen LogP contribution is 2.18. The van der Waals surface area contributed by atoms with Crippen LogP contribution in [0, 0.1) is 0 Å². The molecule has 96 valence electrons. The Morgan fingerprint density at radius 2 is 2.00 bits per heavy atom. The second-order valence-corrected chi connectivity index (χ2v) is 4.81. The summed E-state index contributed by atoms with van der Waals surface area (Å²) in [6, 6.07) is 9.75. The van der Waals surface area contributed by atoms with Crippen molar-refractivity contribution in [2.24, 2.45) is 0 Å². The molecule has 18 heavy (non-hydrogen) atoms. The van der Waals surface area contributed by atoms with Gasteiger partial charge in [0, 0.05) is 10.0 Å². The first-order valence-electron chi connectivity index (χ1n) is 5.94. The fraction of sp³-hybridized carbons (Fsp3) is 0.286. The second kappa shape index (κ2) is 6.61. The summed E-state index contributed by atoms with van der Waals surface area (Å²) in [6.45, 7) is 4.26. The SMILES string of the molecule is CCNCc1occc1COc1ccc(Br)cc1. The Bertz CT molecular complexity index is 479. The number of benzene rings is 1. The standard InChI is InChI=1S/C14H16BrNO2/c1-2-16-9-14-11(7-8-17-14)10-18-13-5-3-12(15)4-6-13/h3-8,16H,2,9-10H2,1H3. The highest BCUT2D eigenvalue weighted by atomic mass is 79.9. The quantitative estimate of drug-likeness (QED) is 0.883. The molecule has 0 aliphatic carbocycles. The van der Waals surface area contributed by atoms with Crippen molar-refractivity contribution in [2.45, 2.75) is 20.1 Å². The monoisotopic (exact) mass is 309 g/mol. The van der Waals surface area contributed by atoms with E-state index in [4.69, 9.17) is 9.15 Å². The molecule has 1 aromatic carbocycles. The Kier molecular flexibility index (Phi) is 4.84. The lowest BCUT2D eigenvalue weighted by Crippen LogP contribution is -2.12. The van der Waals surface area contributed by atoms with Crippen molar-refractivity contribution in [3.8, 4) is 5.75 Å². The van der Waals surface area contributed by atoms with Crippen molar-refractivity contribution in [3.05, 3.63) is 52.4 Å². The van der Waals surface area contributed by atoms with Gasteiger partial charge in [0.15, 0.2) is 0 Å². The van der Waals surface area contributed by atoms with Crippen LogP contribution in [0.15, 0.2) is 45.5 Å². The molecule has 0 bridgehead atoms. The van der Waals surface area contributed by atoms with Gasteiger partial charge in [0.25, 0.3) is 0 Å². The highest BCUT2D eigenvalue weighted by molar-refractivity contribution is 9.10. The number of furan rings is 1. The lowest BCUT2D eigenvalue weighted by molar-refractivity contribution is 0.301. The molecule has 0 fully saturated rings. The van der Waals surface area contributed by atoms with Crippen molar-refractivity contribution in [1.29, 1.82) is 0 Å². The van der Waals surface area contributed by atoms with Gasteiger partial charge in [-0.3, -0.25) is 0 Å². The average molecular weight is 310 g/mol. The predicted octanol–water partition coefficient (Wildman–Crippen LogP) is 3.73. The molecular formula is C14H16BrNO2. The Morgan fingerprint density at radius 1 is 1.22 bits per heavy atom. The maximum absolute atomic E-state index is 5.72. The van der Waals surface area contributed by atoms with Crippen LogP contribution in [0.2, 0.25) is 0 Å². The van der Waals surface area contributed by atoms with Crippen molar-refractivity contribution >= 4 is 15.9 Å². The zero-order chi connectivity index (χ0) is 12.8. The van der Waals surface area contributed by atoms with Crippen molar-refractivity contribution < 1.29 is 9.15 Å². The molecule has 1 heterocycles. The molecule has 0 saturated carbocycles. The van der Waals surface area contributed by atoms with E-state index in [-0.39, 0.29) is 0 Å². The number of halogens is 1. The second-order valence-electron chi connectivity index (χ2n) is 3.89. The molecule has 0 aliphatic heterocycles. The van der Waals surface area contributed by atoms with E-state index >= 15 is 0 Å². The van der Waals surface area contributed by atoms with Gasteiger partial charge in [-0.15, -0.1) is 0 Å². The zero-order valence-corrected chi connectivity index (χ0v) is 11.9. The third kappa shape index (κ3) is 3.62. The number of nitrogens with one attached hydrogen (secondary N) is 1. The van der Waals surface area contributed by atoms with Crippen LogP contribution in [-0.2, 0) is 13.2 Å². The van der Waals surface area contributed by atoms with E-state index in [0.717, 1.165) is 34.6 Å². The number of hydrogen-bond donors (Lipinski definition) is 1. The Hall–Kier alpha value is -1.26. The molecule has 0 saturated heterocycles. The smallest absolute Gasteiger partial charge is 0.124 e. The minimum atomic E-state index is 0.527. The Labute approximate surface area is 115 Å². The van der Waals surface area contributed by atoms with Crippen molar-refractivity contribution in [3.63, 3.8) is 0 Å². The Balaban J connectivity index is 1.93. The normalized spacial score (nSPS) is 10.6. The molecule has 2 rings (SSSR count). The van der Waals surface area contributed by atoms with E-state index in [1.165, 1.54) is 0 Å². The summed E-state index contributed by atoms with van der Waals surface area (Å²) in [5.41, 5.74) is 1.08. The highest BCUT2D eigenvalue weighted by Gasteiger charge is 2.06. The van der Waals surface area contributed by atoms with Crippen LogP contribution >= 0.6 is 15.9 Å². The third-order valence-electron chi connectivity index (χ3n) is 2.58. The minimum Gasteiger partial charge on any atom is -0.489 e. The summed E-state index contributed by atoms with van der Waals surface area (Å²) in [6.07, 6.45) is 1.70. The lowest BCUT2D eigenvalue weighted by atomic mass is 10.2. The first-order valence-corrected chi connectivity index (χ1v) is 6.73.